The molecule has 1 fully saturated rings. The highest BCUT2D eigenvalue weighted by atomic mass is 19.4. The van der Waals surface area contributed by atoms with E-state index in [1.165, 1.54) is 6.19 Å². The fourth-order valence-corrected chi connectivity index (χ4v) is 3.73. The van der Waals surface area contributed by atoms with Gasteiger partial charge in [-0.3, -0.25) is 0 Å². The summed E-state index contributed by atoms with van der Waals surface area (Å²) in [6, 6.07) is 3.84. The van der Waals surface area contributed by atoms with Crippen LogP contribution in [-0.2, 0) is 0 Å². The van der Waals surface area contributed by atoms with Crippen molar-refractivity contribution in [2.75, 3.05) is 13.1 Å². The van der Waals surface area contributed by atoms with Crippen LogP contribution in [0.1, 0.15) is 24.3 Å². The summed E-state index contributed by atoms with van der Waals surface area (Å²) in [7, 11) is 0. The molecule has 0 amide bonds. The van der Waals surface area contributed by atoms with Crippen molar-refractivity contribution in [3.63, 3.8) is 0 Å². The number of nitrogens with zero attached hydrogens (tertiary/aromatic N) is 5. The molecular weight excluding hydrogens is 357 g/mol. The Hall–Kier alpha value is -3.15. The summed E-state index contributed by atoms with van der Waals surface area (Å²) in [5.41, 5.74) is 2.53. The number of nitrogens with one attached hydrogen (secondary N) is 1. The number of alkyl halides is 3. The van der Waals surface area contributed by atoms with Crippen molar-refractivity contribution in [3.05, 3.63) is 36.3 Å². The summed E-state index contributed by atoms with van der Waals surface area (Å²) in [6.45, 7) is 0.808. The van der Waals surface area contributed by atoms with Crippen LogP contribution in [0, 0.1) is 11.5 Å². The number of nitriles is 1. The van der Waals surface area contributed by atoms with Gasteiger partial charge < -0.3 is 9.88 Å². The second-order valence-corrected chi connectivity index (χ2v) is 6.51. The molecule has 1 unspecified atom stereocenters. The normalized spacial score (nSPS) is 18.4. The number of amidine groups is 1. The fraction of sp³-hybridized carbons (Fsp3) is 0.333. The standard InChI is InChI=1S/C18H15F3N6/c19-18(20,21)7-15(26-10-22)27-6-3-11(9-27)12-1-4-23-14-8-25-17-13(16(12)14)2-5-24-17/h1-2,4-5,8,11,23H,3,6-7,9H2. The first kappa shape index (κ1) is 17.3. The number of hydrogen-bond acceptors (Lipinski definition) is 4. The van der Waals surface area contributed by atoms with Crippen LogP contribution in [0.3, 0.4) is 0 Å². The van der Waals surface area contributed by atoms with E-state index in [9.17, 15) is 13.2 Å². The van der Waals surface area contributed by atoms with Crippen LogP contribution in [-0.4, -0.2) is 45.0 Å². The lowest BCUT2D eigenvalue weighted by molar-refractivity contribution is -0.122. The average Bonchev–Trinajstić information content (AvgIpc) is 3.29. The van der Waals surface area contributed by atoms with E-state index in [1.54, 1.807) is 17.3 Å². The molecular formula is C18H15F3N6. The first-order valence-corrected chi connectivity index (χ1v) is 8.44. The van der Waals surface area contributed by atoms with Gasteiger partial charge in [0.25, 0.3) is 0 Å². The predicted molar refractivity (Wildman–Crippen MR) is 94.0 cm³/mol. The van der Waals surface area contributed by atoms with Gasteiger partial charge in [-0.05, 0) is 24.1 Å². The summed E-state index contributed by atoms with van der Waals surface area (Å²) in [4.78, 5) is 16.7. The van der Waals surface area contributed by atoms with Crippen molar-refractivity contribution in [2.45, 2.75) is 24.9 Å². The lowest BCUT2D eigenvalue weighted by Crippen LogP contribution is -2.32. The maximum atomic E-state index is 12.8. The van der Waals surface area contributed by atoms with Crippen LogP contribution in [0.4, 0.5) is 13.2 Å². The minimum atomic E-state index is -4.40. The first-order valence-electron chi connectivity index (χ1n) is 8.44. The molecule has 3 aromatic heterocycles. The third-order valence-electron chi connectivity index (χ3n) is 4.85. The van der Waals surface area contributed by atoms with E-state index in [0.29, 0.717) is 25.2 Å². The third-order valence-corrected chi connectivity index (χ3v) is 4.85. The van der Waals surface area contributed by atoms with Crippen molar-refractivity contribution in [3.8, 4) is 6.19 Å². The fourth-order valence-electron chi connectivity index (χ4n) is 3.73. The van der Waals surface area contributed by atoms with E-state index in [0.717, 1.165) is 21.9 Å². The van der Waals surface area contributed by atoms with Crippen LogP contribution >= 0.6 is 0 Å². The summed E-state index contributed by atoms with van der Waals surface area (Å²) >= 11 is 0. The summed E-state index contributed by atoms with van der Waals surface area (Å²) < 4.78 is 38.4. The number of fused-ring (bicyclic) bond motifs is 3. The number of likely N-dealkylation sites (tertiary alicyclic amines) is 1. The highest BCUT2D eigenvalue weighted by molar-refractivity contribution is 6.05. The van der Waals surface area contributed by atoms with Crippen molar-refractivity contribution in [1.29, 1.82) is 5.26 Å². The molecule has 3 aromatic rings. The van der Waals surface area contributed by atoms with Gasteiger partial charge in [-0.15, -0.1) is 0 Å². The summed E-state index contributed by atoms with van der Waals surface area (Å²) in [5.74, 6) is -0.194. The van der Waals surface area contributed by atoms with Crippen LogP contribution in [0.25, 0.3) is 21.9 Å². The van der Waals surface area contributed by atoms with Crippen molar-refractivity contribution < 1.29 is 13.2 Å². The molecule has 0 radical (unpaired) electrons. The van der Waals surface area contributed by atoms with Gasteiger partial charge in [0.1, 0.15) is 12.3 Å². The Labute approximate surface area is 152 Å². The zero-order chi connectivity index (χ0) is 19.0. The Balaban J connectivity index is 1.69. The number of pyridine rings is 2. The molecule has 0 aliphatic carbocycles. The summed E-state index contributed by atoms with van der Waals surface area (Å²) in [5, 5.41) is 10.7. The number of H-pyrrole nitrogens is 1. The van der Waals surface area contributed by atoms with Crippen molar-refractivity contribution >= 4 is 27.8 Å². The molecule has 1 aliphatic heterocycles. The second kappa shape index (κ2) is 6.54. The zero-order valence-electron chi connectivity index (χ0n) is 14.2. The molecule has 0 aromatic carbocycles. The van der Waals surface area contributed by atoms with Crippen LogP contribution in [0.15, 0.2) is 35.7 Å². The number of aromatic nitrogens is 3. The largest absolute Gasteiger partial charge is 0.396 e. The minimum absolute atomic E-state index is 0.0275. The van der Waals surface area contributed by atoms with Gasteiger partial charge in [-0.2, -0.15) is 23.4 Å². The van der Waals surface area contributed by atoms with Crippen molar-refractivity contribution in [2.24, 2.45) is 4.99 Å². The molecule has 4 heterocycles. The van der Waals surface area contributed by atoms with E-state index in [2.05, 4.69) is 19.9 Å². The SMILES string of the molecule is N#CN=C(CC(F)(F)F)N1CCC(c2cc[nH]c3cnc4nccc4c23)C1. The molecule has 6 nitrogen and oxygen atoms in total. The summed E-state index contributed by atoms with van der Waals surface area (Å²) in [6.07, 6.45) is 1.79. The van der Waals surface area contributed by atoms with E-state index in [4.69, 9.17) is 5.26 Å². The molecule has 138 valence electrons. The van der Waals surface area contributed by atoms with Gasteiger partial charge in [-0.1, -0.05) is 0 Å². The maximum absolute atomic E-state index is 12.8. The Morgan fingerprint density at radius 3 is 3.00 bits per heavy atom. The number of halogens is 3. The van der Waals surface area contributed by atoms with E-state index < -0.39 is 12.6 Å². The predicted octanol–water partition coefficient (Wildman–Crippen LogP) is 3.73. The molecule has 1 aliphatic rings. The molecule has 0 bridgehead atoms. The highest BCUT2D eigenvalue weighted by Gasteiger charge is 2.35. The van der Waals surface area contributed by atoms with Crippen LogP contribution < -0.4 is 0 Å². The molecule has 1 atom stereocenters. The molecule has 1 N–H and O–H groups in total. The molecule has 1 saturated heterocycles. The quantitative estimate of drug-likeness (QED) is 0.422. The van der Waals surface area contributed by atoms with E-state index in [1.807, 2.05) is 18.3 Å². The molecule has 0 spiro atoms. The maximum Gasteiger partial charge on any atom is 0.396 e. The van der Waals surface area contributed by atoms with Gasteiger partial charge in [0.05, 0.1) is 11.7 Å². The third kappa shape index (κ3) is 3.30. The highest BCUT2D eigenvalue weighted by Crippen LogP contribution is 2.35. The van der Waals surface area contributed by atoms with Crippen molar-refractivity contribution in [1.82, 2.24) is 19.9 Å². The molecule has 27 heavy (non-hydrogen) atoms. The number of rotatable bonds is 2. The Bertz CT molecular complexity index is 1060. The zero-order valence-corrected chi connectivity index (χ0v) is 14.2. The van der Waals surface area contributed by atoms with E-state index >= 15 is 0 Å². The Morgan fingerprint density at radius 1 is 1.37 bits per heavy atom. The second-order valence-electron chi connectivity index (χ2n) is 6.51. The first-order chi connectivity index (χ1) is 13.0. The average molecular weight is 372 g/mol. The van der Waals surface area contributed by atoms with E-state index in [-0.39, 0.29) is 11.8 Å². The van der Waals surface area contributed by atoms with Gasteiger partial charge in [-0.25, -0.2) is 9.97 Å². The van der Waals surface area contributed by atoms with Gasteiger partial charge in [0.2, 0.25) is 6.19 Å². The van der Waals surface area contributed by atoms with Crippen LogP contribution in [0.2, 0.25) is 0 Å². The molecule has 0 saturated carbocycles. The van der Waals surface area contributed by atoms with Gasteiger partial charge in [0, 0.05) is 42.2 Å². The molecule has 9 heteroatoms. The Morgan fingerprint density at radius 2 is 2.22 bits per heavy atom. The smallest absolute Gasteiger partial charge is 0.360 e. The number of hydrogen-bond donors (Lipinski definition) is 1. The lowest BCUT2D eigenvalue weighted by Gasteiger charge is -2.21. The topological polar surface area (TPSA) is 81.0 Å². The Kier molecular flexibility index (Phi) is 4.18. The lowest BCUT2D eigenvalue weighted by atomic mass is 9.94. The monoisotopic (exact) mass is 372 g/mol. The van der Waals surface area contributed by atoms with Gasteiger partial charge >= 0.3 is 6.18 Å². The number of aliphatic imine (C=N–C) groups is 1. The molecule has 4 rings (SSSR count). The number of aromatic amines is 1. The minimum Gasteiger partial charge on any atom is -0.360 e. The van der Waals surface area contributed by atoms with Crippen LogP contribution in [0.5, 0.6) is 0 Å². The van der Waals surface area contributed by atoms with Gasteiger partial charge in [0.15, 0.2) is 5.65 Å².